The number of hydrogen-bond acceptors (Lipinski definition) is 3. The zero-order valence-electron chi connectivity index (χ0n) is 14.1. The number of aliphatic hydroxyl groups is 1. The molecule has 0 aliphatic heterocycles. The van der Waals surface area contributed by atoms with E-state index < -0.39 is 12.1 Å². The maximum Gasteiger partial charge on any atom is 0.339 e. The van der Waals surface area contributed by atoms with Gasteiger partial charge in [0.2, 0.25) is 0 Å². The van der Waals surface area contributed by atoms with Crippen molar-refractivity contribution < 1.29 is 14.6 Å². The van der Waals surface area contributed by atoms with Gasteiger partial charge in [-0.05, 0) is 24.8 Å². The second-order valence-electron chi connectivity index (χ2n) is 5.98. The van der Waals surface area contributed by atoms with Crippen LogP contribution in [0.25, 0.3) is 0 Å². The van der Waals surface area contributed by atoms with E-state index in [0.717, 1.165) is 24.6 Å². The van der Waals surface area contributed by atoms with Gasteiger partial charge in [-0.2, -0.15) is 0 Å². The van der Waals surface area contributed by atoms with E-state index in [4.69, 9.17) is 4.74 Å². The second kappa shape index (κ2) is 13.9. The second-order valence-corrected chi connectivity index (χ2v) is 7.42. The van der Waals surface area contributed by atoms with E-state index >= 15 is 0 Å². The first-order chi connectivity index (χ1) is 11.7. The number of halogens is 2. The van der Waals surface area contributed by atoms with Gasteiger partial charge in [-0.15, -0.1) is 0 Å². The van der Waals surface area contributed by atoms with E-state index in [0.29, 0.717) is 10.9 Å². The number of benzene rings is 1. The Morgan fingerprint density at radius 3 is 2.12 bits per heavy atom. The number of carbonyl (C=O) groups is 1. The topological polar surface area (TPSA) is 46.5 Å². The lowest BCUT2D eigenvalue weighted by atomic mass is 10.1. The van der Waals surface area contributed by atoms with E-state index in [9.17, 15) is 9.90 Å². The summed E-state index contributed by atoms with van der Waals surface area (Å²) in [5, 5.41) is 11.8. The number of alkyl halides is 2. The number of unbranched alkanes of at least 4 members (excludes halogenated alkanes) is 6. The summed E-state index contributed by atoms with van der Waals surface area (Å²) in [7, 11) is 0. The molecular formula is C19H28Br2O3. The molecule has 1 aromatic carbocycles. The van der Waals surface area contributed by atoms with Crippen molar-refractivity contribution in [3.63, 3.8) is 0 Å². The van der Waals surface area contributed by atoms with Crippen LogP contribution >= 0.6 is 31.9 Å². The van der Waals surface area contributed by atoms with Crippen LogP contribution in [0, 0.1) is 0 Å². The molecule has 1 N–H and O–H groups in total. The summed E-state index contributed by atoms with van der Waals surface area (Å²) >= 11 is 6.85. The van der Waals surface area contributed by atoms with Gasteiger partial charge in [0.25, 0.3) is 0 Å². The molecule has 136 valence electrons. The Morgan fingerprint density at radius 1 is 0.958 bits per heavy atom. The number of ether oxygens (including phenoxy) is 1. The SMILES string of the molecule is O=C(O[C@H](CBr)CCCCCCCCCBr)[C@@H](O)c1ccccc1. The maximum atomic E-state index is 12.1. The molecule has 0 bridgehead atoms. The summed E-state index contributed by atoms with van der Waals surface area (Å²) in [6, 6.07) is 8.90. The van der Waals surface area contributed by atoms with Crippen molar-refractivity contribution in [2.75, 3.05) is 10.7 Å². The molecule has 2 atom stereocenters. The van der Waals surface area contributed by atoms with Crippen LogP contribution in [0.3, 0.4) is 0 Å². The van der Waals surface area contributed by atoms with Gasteiger partial charge in [-0.25, -0.2) is 4.79 Å². The fourth-order valence-electron chi connectivity index (χ4n) is 2.52. The Balaban J connectivity index is 2.20. The van der Waals surface area contributed by atoms with E-state index in [1.807, 2.05) is 6.07 Å². The summed E-state index contributed by atoms with van der Waals surface area (Å²) in [5.74, 6) is -0.569. The Labute approximate surface area is 162 Å². The zero-order chi connectivity index (χ0) is 17.6. The van der Waals surface area contributed by atoms with E-state index in [2.05, 4.69) is 31.9 Å². The molecule has 0 aliphatic carbocycles. The van der Waals surface area contributed by atoms with Gasteiger partial charge in [-0.1, -0.05) is 94.3 Å². The maximum absolute atomic E-state index is 12.1. The minimum Gasteiger partial charge on any atom is -0.459 e. The molecule has 0 spiro atoms. The fraction of sp³-hybridized carbons (Fsp3) is 0.632. The highest BCUT2D eigenvalue weighted by molar-refractivity contribution is 9.09. The monoisotopic (exact) mass is 462 g/mol. The molecule has 0 amide bonds. The van der Waals surface area contributed by atoms with E-state index in [1.54, 1.807) is 24.3 Å². The molecule has 3 nitrogen and oxygen atoms in total. The van der Waals surface area contributed by atoms with Crippen molar-refractivity contribution in [2.45, 2.75) is 63.6 Å². The largest absolute Gasteiger partial charge is 0.459 e. The predicted octanol–water partition coefficient (Wildman–Crippen LogP) is 5.54. The van der Waals surface area contributed by atoms with Gasteiger partial charge in [0.15, 0.2) is 6.10 Å². The third-order valence-electron chi connectivity index (χ3n) is 3.95. The quantitative estimate of drug-likeness (QED) is 0.237. The Hall–Kier alpha value is -0.390. The van der Waals surface area contributed by atoms with Crippen LogP contribution in [-0.2, 0) is 9.53 Å². The van der Waals surface area contributed by atoms with Crippen LogP contribution < -0.4 is 0 Å². The lowest BCUT2D eigenvalue weighted by molar-refractivity contribution is -0.158. The molecule has 0 saturated carbocycles. The first kappa shape index (κ1) is 21.7. The highest BCUT2D eigenvalue weighted by Gasteiger charge is 2.22. The van der Waals surface area contributed by atoms with Gasteiger partial charge < -0.3 is 9.84 Å². The molecule has 0 radical (unpaired) electrons. The van der Waals surface area contributed by atoms with Crippen molar-refractivity contribution in [3.8, 4) is 0 Å². The molecule has 1 rings (SSSR count). The summed E-state index contributed by atoms with van der Waals surface area (Å²) in [6.45, 7) is 0. The zero-order valence-corrected chi connectivity index (χ0v) is 17.3. The first-order valence-electron chi connectivity index (χ1n) is 8.74. The lowest BCUT2D eigenvalue weighted by Gasteiger charge is -2.18. The Bertz CT molecular complexity index is 439. The van der Waals surface area contributed by atoms with Gasteiger partial charge in [0.1, 0.15) is 6.10 Å². The van der Waals surface area contributed by atoms with Gasteiger partial charge in [0, 0.05) is 10.7 Å². The normalized spacial score (nSPS) is 13.5. The van der Waals surface area contributed by atoms with Crippen molar-refractivity contribution in [2.24, 2.45) is 0 Å². The lowest BCUT2D eigenvalue weighted by Crippen LogP contribution is -2.24. The molecule has 0 saturated heterocycles. The van der Waals surface area contributed by atoms with Crippen LogP contribution in [0.15, 0.2) is 30.3 Å². The number of carbonyl (C=O) groups excluding carboxylic acids is 1. The predicted molar refractivity (Wildman–Crippen MR) is 106 cm³/mol. The highest BCUT2D eigenvalue weighted by Crippen LogP contribution is 2.18. The fourth-order valence-corrected chi connectivity index (χ4v) is 3.37. The molecule has 1 aromatic rings. The standard InChI is InChI=1S/C19H28Br2O3/c20-14-10-5-3-1-2-4-9-13-17(15-21)24-19(23)18(22)16-11-7-6-8-12-16/h6-8,11-12,17-18,22H,1-5,9-10,13-15H2/t17-,18-/m0/s1. The van der Waals surface area contributed by atoms with Gasteiger partial charge >= 0.3 is 5.97 Å². The number of hydrogen-bond donors (Lipinski definition) is 1. The summed E-state index contributed by atoms with van der Waals surface area (Å²) in [6.07, 6.45) is 8.02. The van der Waals surface area contributed by atoms with Crippen molar-refractivity contribution >= 4 is 37.8 Å². The number of aliphatic hydroxyl groups excluding tert-OH is 1. The van der Waals surface area contributed by atoms with Crippen LogP contribution in [0.2, 0.25) is 0 Å². The summed E-state index contributed by atoms with van der Waals surface area (Å²) in [5.41, 5.74) is 0.569. The number of esters is 1. The molecular weight excluding hydrogens is 436 g/mol. The van der Waals surface area contributed by atoms with E-state index in [1.165, 1.54) is 32.1 Å². The van der Waals surface area contributed by atoms with Crippen LogP contribution in [0.5, 0.6) is 0 Å². The van der Waals surface area contributed by atoms with Gasteiger partial charge in [0.05, 0.1) is 0 Å². The molecule has 24 heavy (non-hydrogen) atoms. The molecule has 0 aliphatic rings. The smallest absolute Gasteiger partial charge is 0.339 e. The summed E-state index contributed by atoms with van der Waals surface area (Å²) in [4.78, 5) is 12.1. The highest BCUT2D eigenvalue weighted by atomic mass is 79.9. The Morgan fingerprint density at radius 2 is 1.54 bits per heavy atom. The molecule has 5 heteroatoms. The summed E-state index contributed by atoms with van der Waals surface area (Å²) < 4.78 is 5.43. The van der Waals surface area contributed by atoms with Crippen LogP contribution in [0.1, 0.15) is 63.0 Å². The van der Waals surface area contributed by atoms with Crippen molar-refractivity contribution in [1.29, 1.82) is 0 Å². The Kier molecular flexibility index (Phi) is 12.5. The number of rotatable bonds is 13. The average Bonchev–Trinajstić information content (AvgIpc) is 2.62. The van der Waals surface area contributed by atoms with Crippen molar-refractivity contribution in [3.05, 3.63) is 35.9 Å². The first-order valence-corrected chi connectivity index (χ1v) is 11.0. The third-order valence-corrected chi connectivity index (χ3v) is 5.24. The van der Waals surface area contributed by atoms with E-state index in [-0.39, 0.29) is 6.10 Å². The van der Waals surface area contributed by atoms with Crippen molar-refractivity contribution in [1.82, 2.24) is 0 Å². The van der Waals surface area contributed by atoms with Gasteiger partial charge in [-0.3, -0.25) is 0 Å². The third kappa shape index (κ3) is 9.19. The molecule has 0 unspecified atom stereocenters. The average molecular weight is 464 g/mol. The molecule has 0 fully saturated rings. The molecule has 0 aromatic heterocycles. The van der Waals surface area contributed by atoms with Crippen LogP contribution in [-0.4, -0.2) is 27.8 Å². The van der Waals surface area contributed by atoms with Crippen LogP contribution in [0.4, 0.5) is 0 Å². The minimum absolute atomic E-state index is 0.177. The molecule has 0 heterocycles. The minimum atomic E-state index is -1.21.